The van der Waals surface area contributed by atoms with Gasteiger partial charge in [-0.2, -0.15) is 0 Å². The quantitative estimate of drug-likeness (QED) is 0.827. The average molecular weight is 210 g/mol. The summed E-state index contributed by atoms with van der Waals surface area (Å²) in [4.78, 5) is 1.20. The lowest BCUT2D eigenvalue weighted by Crippen LogP contribution is -2.30. The van der Waals surface area contributed by atoms with Crippen LogP contribution in [0.4, 0.5) is 0 Å². The third kappa shape index (κ3) is 2.11. The van der Waals surface area contributed by atoms with E-state index in [1.165, 1.54) is 10.5 Å². The van der Waals surface area contributed by atoms with Crippen molar-refractivity contribution in [1.29, 1.82) is 0 Å². The van der Waals surface area contributed by atoms with Crippen LogP contribution in [0.25, 0.3) is 0 Å². The van der Waals surface area contributed by atoms with E-state index in [2.05, 4.69) is 13.0 Å². The SMILES string of the molecule is Cc1ccc(CO)c(SC2COC2)c1. The van der Waals surface area contributed by atoms with E-state index in [4.69, 9.17) is 9.84 Å². The van der Waals surface area contributed by atoms with Crippen LogP contribution >= 0.6 is 11.8 Å². The molecule has 2 nitrogen and oxygen atoms in total. The highest BCUT2D eigenvalue weighted by molar-refractivity contribution is 8.00. The fourth-order valence-corrected chi connectivity index (χ4v) is 2.59. The lowest BCUT2D eigenvalue weighted by Gasteiger charge is -2.26. The molecule has 1 N–H and O–H groups in total. The number of hydrogen-bond acceptors (Lipinski definition) is 3. The van der Waals surface area contributed by atoms with Gasteiger partial charge in [0.1, 0.15) is 0 Å². The summed E-state index contributed by atoms with van der Waals surface area (Å²) in [6, 6.07) is 6.17. The first-order chi connectivity index (χ1) is 6.79. The van der Waals surface area contributed by atoms with Crippen LogP contribution in [0.5, 0.6) is 0 Å². The van der Waals surface area contributed by atoms with Crippen LogP contribution in [-0.4, -0.2) is 23.6 Å². The molecule has 0 aliphatic carbocycles. The fraction of sp³-hybridized carbons (Fsp3) is 0.455. The van der Waals surface area contributed by atoms with E-state index in [0.717, 1.165) is 18.8 Å². The summed E-state index contributed by atoms with van der Waals surface area (Å²) in [6.07, 6.45) is 0. The number of hydrogen-bond donors (Lipinski definition) is 1. The van der Waals surface area contributed by atoms with E-state index in [0.29, 0.717) is 5.25 Å². The summed E-state index contributed by atoms with van der Waals surface area (Å²) in [6.45, 7) is 3.87. The summed E-state index contributed by atoms with van der Waals surface area (Å²) < 4.78 is 5.13. The fourth-order valence-electron chi connectivity index (χ4n) is 1.36. The van der Waals surface area contributed by atoms with Crippen molar-refractivity contribution in [3.63, 3.8) is 0 Å². The summed E-state index contributed by atoms with van der Waals surface area (Å²) in [5.74, 6) is 0. The zero-order chi connectivity index (χ0) is 9.97. The van der Waals surface area contributed by atoms with Crippen molar-refractivity contribution in [1.82, 2.24) is 0 Å². The molecule has 76 valence electrons. The molecule has 0 bridgehead atoms. The molecule has 2 rings (SSSR count). The molecule has 0 aromatic heterocycles. The highest BCUT2D eigenvalue weighted by atomic mass is 32.2. The van der Waals surface area contributed by atoms with Crippen LogP contribution in [0.1, 0.15) is 11.1 Å². The van der Waals surface area contributed by atoms with Gasteiger partial charge >= 0.3 is 0 Å². The first kappa shape index (κ1) is 10.0. The van der Waals surface area contributed by atoms with Gasteiger partial charge in [-0.05, 0) is 24.1 Å². The first-order valence-corrected chi connectivity index (χ1v) is 5.62. The normalized spacial score (nSPS) is 16.7. The Morgan fingerprint density at radius 1 is 1.50 bits per heavy atom. The smallest absolute Gasteiger partial charge is 0.0692 e. The molecule has 1 aliphatic rings. The Morgan fingerprint density at radius 2 is 2.29 bits per heavy atom. The van der Waals surface area contributed by atoms with Crippen LogP contribution in [0.15, 0.2) is 23.1 Å². The van der Waals surface area contributed by atoms with Gasteiger partial charge in [-0.3, -0.25) is 0 Å². The van der Waals surface area contributed by atoms with Crippen molar-refractivity contribution in [3.05, 3.63) is 29.3 Å². The predicted molar refractivity (Wildman–Crippen MR) is 57.6 cm³/mol. The van der Waals surface area contributed by atoms with Crippen molar-refractivity contribution in [2.45, 2.75) is 23.7 Å². The molecular weight excluding hydrogens is 196 g/mol. The van der Waals surface area contributed by atoms with Gasteiger partial charge in [0.25, 0.3) is 0 Å². The Balaban J connectivity index is 2.15. The van der Waals surface area contributed by atoms with Crippen molar-refractivity contribution in [2.24, 2.45) is 0 Å². The molecule has 1 aromatic carbocycles. The van der Waals surface area contributed by atoms with E-state index >= 15 is 0 Å². The largest absolute Gasteiger partial charge is 0.392 e. The summed E-state index contributed by atoms with van der Waals surface area (Å²) >= 11 is 1.81. The first-order valence-electron chi connectivity index (χ1n) is 4.74. The monoisotopic (exact) mass is 210 g/mol. The summed E-state index contributed by atoms with van der Waals surface area (Å²) in [7, 11) is 0. The Hall–Kier alpha value is -0.510. The van der Waals surface area contributed by atoms with E-state index in [-0.39, 0.29) is 6.61 Å². The van der Waals surface area contributed by atoms with Crippen molar-refractivity contribution in [3.8, 4) is 0 Å². The minimum Gasteiger partial charge on any atom is -0.392 e. The van der Waals surface area contributed by atoms with Crippen molar-refractivity contribution < 1.29 is 9.84 Å². The average Bonchev–Trinajstić information content (AvgIpc) is 2.12. The zero-order valence-corrected chi connectivity index (χ0v) is 9.01. The molecule has 1 aromatic rings. The molecule has 1 fully saturated rings. The highest BCUT2D eigenvalue weighted by Crippen LogP contribution is 2.31. The van der Waals surface area contributed by atoms with E-state index in [9.17, 15) is 0 Å². The van der Waals surface area contributed by atoms with Crippen molar-refractivity contribution in [2.75, 3.05) is 13.2 Å². The Labute approximate surface area is 88.3 Å². The Kier molecular flexibility index (Phi) is 3.11. The topological polar surface area (TPSA) is 29.5 Å². The Bertz CT molecular complexity index is 321. The lowest BCUT2D eigenvalue weighted by molar-refractivity contribution is 0.0455. The van der Waals surface area contributed by atoms with Gasteiger partial charge in [0.2, 0.25) is 0 Å². The van der Waals surface area contributed by atoms with Crippen LogP contribution in [-0.2, 0) is 11.3 Å². The number of rotatable bonds is 3. The Morgan fingerprint density at radius 3 is 2.86 bits per heavy atom. The van der Waals surface area contributed by atoms with Crippen LogP contribution in [0.3, 0.4) is 0 Å². The number of thioether (sulfide) groups is 1. The maximum absolute atomic E-state index is 9.17. The molecule has 0 amide bonds. The van der Waals surface area contributed by atoms with Gasteiger partial charge in [-0.25, -0.2) is 0 Å². The molecule has 0 radical (unpaired) electrons. The van der Waals surface area contributed by atoms with Crippen LogP contribution in [0.2, 0.25) is 0 Å². The van der Waals surface area contributed by atoms with E-state index in [1.54, 1.807) is 0 Å². The van der Waals surface area contributed by atoms with Crippen LogP contribution in [0, 0.1) is 6.92 Å². The molecule has 0 unspecified atom stereocenters. The van der Waals surface area contributed by atoms with Crippen molar-refractivity contribution >= 4 is 11.8 Å². The number of benzene rings is 1. The molecule has 0 saturated carbocycles. The predicted octanol–water partition coefficient (Wildman–Crippen LogP) is 1.98. The minimum atomic E-state index is 0.121. The van der Waals surface area contributed by atoms with E-state index < -0.39 is 0 Å². The number of aliphatic hydroxyl groups is 1. The van der Waals surface area contributed by atoms with Crippen LogP contribution < -0.4 is 0 Å². The molecule has 1 heterocycles. The second-order valence-electron chi connectivity index (χ2n) is 3.55. The van der Waals surface area contributed by atoms with Gasteiger partial charge in [-0.15, -0.1) is 11.8 Å². The lowest BCUT2D eigenvalue weighted by atomic mass is 10.2. The molecule has 3 heteroatoms. The zero-order valence-electron chi connectivity index (χ0n) is 8.19. The number of aryl methyl sites for hydroxylation is 1. The van der Waals surface area contributed by atoms with Gasteiger partial charge in [0.05, 0.1) is 25.1 Å². The number of ether oxygens (including phenoxy) is 1. The molecule has 14 heavy (non-hydrogen) atoms. The second-order valence-corrected chi connectivity index (χ2v) is 4.89. The van der Waals surface area contributed by atoms with E-state index in [1.807, 2.05) is 23.9 Å². The minimum absolute atomic E-state index is 0.121. The molecule has 0 spiro atoms. The molecule has 1 aliphatic heterocycles. The second kappa shape index (κ2) is 4.34. The third-order valence-electron chi connectivity index (χ3n) is 2.29. The van der Waals surface area contributed by atoms with Gasteiger partial charge < -0.3 is 9.84 Å². The molecule has 1 saturated heterocycles. The standard InChI is InChI=1S/C11H14O2S/c1-8-2-3-9(5-12)11(4-8)14-10-6-13-7-10/h2-4,10,12H,5-7H2,1H3. The maximum atomic E-state index is 9.17. The van der Waals surface area contributed by atoms with Gasteiger partial charge in [0.15, 0.2) is 0 Å². The summed E-state index contributed by atoms with van der Waals surface area (Å²) in [5, 5.41) is 9.74. The maximum Gasteiger partial charge on any atom is 0.0692 e. The molecule has 0 atom stereocenters. The molecular formula is C11H14O2S. The summed E-state index contributed by atoms with van der Waals surface area (Å²) in [5.41, 5.74) is 2.26. The third-order valence-corrected chi connectivity index (χ3v) is 3.53. The highest BCUT2D eigenvalue weighted by Gasteiger charge is 2.20. The van der Waals surface area contributed by atoms with Gasteiger partial charge in [0, 0.05) is 4.90 Å². The number of aliphatic hydroxyl groups excluding tert-OH is 1. The van der Waals surface area contributed by atoms with Gasteiger partial charge in [-0.1, -0.05) is 12.1 Å².